The lowest BCUT2D eigenvalue weighted by Gasteiger charge is -2.33. The van der Waals surface area contributed by atoms with Gasteiger partial charge in [-0.15, -0.1) is 0 Å². The van der Waals surface area contributed by atoms with Gasteiger partial charge in [-0.25, -0.2) is 4.79 Å². The molecule has 1 aromatic heterocycles. The van der Waals surface area contributed by atoms with Crippen molar-refractivity contribution in [2.24, 2.45) is 0 Å². The molecular formula is C17H29N3O3. The number of nitrogens with one attached hydrogen (secondary N) is 2. The van der Waals surface area contributed by atoms with E-state index in [0.717, 1.165) is 19.4 Å². The first-order valence-corrected chi connectivity index (χ1v) is 8.64. The van der Waals surface area contributed by atoms with Crippen LogP contribution in [0.3, 0.4) is 0 Å². The fourth-order valence-corrected chi connectivity index (χ4v) is 2.96. The first-order valence-electron chi connectivity index (χ1n) is 8.64. The van der Waals surface area contributed by atoms with E-state index in [2.05, 4.69) is 22.5 Å². The van der Waals surface area contributed by atoms with Crippen molar-refractivity contribution in [2.45, 2.75) is 51.2 Å². The number of piperidine rings is 1. The van der Waals surface area contributed by atoms with Crippen LogP contribution in [-0.2, 0) is 0 Å². The zero-order valence-corrected chi connectivity index (χ0v) is 14.0. The molecule has 0 spiro atoms. The first-order chi connectivity index (χ1) is 11.2. The van der Waals surface area contributed by atoms with Crippen molar-refractivity contribution in [2.75, 3.05) is 26.2 Å². The Balaban J connectivity index is 1.49. The van der Waals surface area contributed by atoms with Crippen molar-refractivity contribution in [1.29, 1.82) is 0 Å². The van der Waals surface area contributed by atoms with Gasteiger partial charge in [0.25, 0.3) is 0 Å². The quantitative estimate of drug-likeness (QED) is 0.641. The van der Waals surface area contributed by atoms with E-state index in [4.69, 9.17) is 4.42 Å². The van der Waals surface area contributed by atoms with Crippen molar-refractivity contribution in [3.63, 3.8) is 0 Å². The molecule has 2 unspecified atom stereocenters. The Labute approximate surface area is 138 Å². The largest absolute Gasteiger partial charge is 0.467 e. The Hall–Kier alpha value is -1.53. The summed E-state index contributed by atoms with van der Waals surface area (Å²) in [6.45, 7) is 5.42. The van der Waals surface area contributed by atoms with E-state index < -0.39 is 6.10 Å². The summed E-state index contributed by atoms with van der Waals surface area (Å²) in [6.07, 6.45) is 6.72. The fraction of sp³-hybridized carbons (Fsp3) is 0.706. The Morgan fingerprint density at radius 2 is 2.30 bits per heavy atom. The second kappa shape index (κ2) is 9.57. The molecule has 1 aromatic rings. The van der Waals surface area contributed by atoms with Crippen LogP contribution in [-0.4, -0.2) is 48.3 Å². The number of carbonyl (C=O) groups excluding carboxylic acids is 1. The normalized spacial score (nSPS) is 20.2. The van der Waals surface area contributed by atoms with E-state index in [1.807, 2.05) is 0 Å². The highest BCUT2D eigenvalue weighted by Gasteiger charge is 2.17. The molecule has 0 saturated carbocycles. The number of nitrogens with zero attached hydrogens (tertiary/aromatic N) is 1. The predicted octanol–water partition coefficient (Wildman–Crippen LogP) is 2.27. The van der Waals surface area contributed by atoms with Gasteiger partial charge in [-0.05, 0) is 57.8 Å². The zero-order valence-electron chi connectivity index (χ0n) is 14.0. The first kappa shape index (κ1) is 17.8. The molecule has 1 aliphatic rings. The lowest BCUT2D eigenvalue weighted by molar-refractivity contribution is 0.147. The Kier molecular flexibility index (Phi) is 7.42. The monoisotopic (exact) mass is 323 g/mol. The standard InChI is InChI=1S/C17H29N3O3/c1-14-7-2-4-10-20(14)11-5-3-9-18-17(22)19-13-15(21)16-8-6-12-23-16/h6,8,12,14-15,21H,2-5,7,9-11,13H2,1H3,(H2,18,19,22). The molecule has 3 N–H and O–H groups in total. The topological polar surface area (TPSA) is 77.7 Å². The number of amides is 2. The molecule has 0 bridgehead atoms. The number of furan rings is 1. The van der Waals surface area contributed by atoms with Gasteiger partial charge >= 0.3 is 6.03 Å². The lowest BCUT2D eigenvalue weighted by Crippen LogP contribution is -2.39. The summed E-state index contributed by atoms with van der Waals surface area (Å²) in [6, 6.07) is 3.85. The lowest BCUT2D eigenvalue weighted by atomic mass is 10.0. The van der Waals surface area contributed by atoms with E-state index in [1.54, 1.807) is 12.1 Å². The SMILES string of the molecule is CC1CCCCN1CCCCNC(=O)NCC(O)c1ccco1. The van der Waals surface area contributed by atoms with Crippen LogP contribution in [0, 0.1) is 0 Å². The van der Waals surface area contributed by atoms with E-state index in [-0.39, 0.29) is 12.6 Å². The number of hydrogen-bond acceptors (Lipinski definition) is 4. The van der Waals surface area contributed by atoms with Gasteiger partial charge in [-0.3, -0.25) is 0 Å². The molecule has 0 aromatic carbocycles. The van der Waals surface area contributed by atoms with Crippen LogP contribution in [0.15, 0.2) is 22.8 Å². The molecular weight excluding hydrogens is 294 g/mol. The van der Waals surface area contributed by atoms with Gasteiger partial charge in [0, 0.05) is 12.6 Å². The van der Waals surface area contributed by atoms with Crippen molar-refractivity contribution >= 4 is 6.03 Å². The van der Waals surface area contributed by atoms with Gasteiger partial charge in [0.2, 0.25) is 0 Å². The zero-order chi connectivity index (χ0) is 16.5. The molecule has 1 saturated heterocycles. The molecule has 6 heteroatoms. The van der Waals surface area contributed by atoms with Gasteiger partial charge in [0.1, 0.15) is 11.9 Å². The molecule has 130 valence electrons. The number of rotatable bonds is 8. The Bertz CT molecular complexity index is 450. The minimum absolute atomic E-state index is 0.143. The highest BCUT2D eigenvalue weighted by atomic mass is 16.4. The second-order valence-corrected chi connectivity index (χ2v) is 6.26. The van der Waals surface area contributed by atoms with Crippen molar-refractivity contribution < 1.29 is 14.3 Å². The molecule has 2 heterocycles. The number of carbonyl (C=O) groups is 1. The van der Waals surface area contributed by atoms with Gasteiger partial charge in [-0.1, -0.05) is 6.42 Å². The third kappa shape index (κ3) is 6.23. The van der Waals surface area contributed by atoms with E-state index in [1.165, 1.54) is 32.1 Å². The van der Waals surface area contributed by atoms with Crippen molar-refractivity contribution in [1.82, 2.24) is 15.5 Å². The third-order valence-electron chi connectivity index (χ3n) is 4.43. The van der Waals surface area contributed by atoms with Crippen molar-refractivity contribution in [3.8, 4) is 0 Å². The van der Waals surface area contributed by atoms with Gasteiger partial charge in [-0.2, -0.15) is 0 Å². The molecule has 6 nitrogen and oxygen atoms in total. The van der Waals surface area contributed by atoms with E-state index >= 15 is 0 Å². The molecule has 23 heavy (non-hydrogen) atoms. The Morgan fingerprint density at radius 3 is 3.04 bits per heavy atom. The van der Waals surface area contributed by atoms with Gasteiger partial charge < -0.3 is 25.1 Å². The number of hydrogen-bond donors (Lipinski definition) is 3. The third-order valence-corrected chi connectivity index (χ3v) is 4.43. The van der Waals surface area contributed by atoms with Gasteiger partial charge in [0.15, 0.2) is 0 Å². The van der Waals surface area contributed by atoms with E-state index in [0.29, 0.717) is 18.3 Å². The summed E-state index contributed by atoms with van der Waals surface area (Å²) in [5, 5.41) is 15.3. The van der Waals surface area contributed by atoms with Crippen molar-refractivity contribution in [3.05, 3.63) is 24.2 Å². The summed E-state index contributed by atoms with van der Waals surface area (Å²) >= 11 is 0. The average Bonchev–Trinajstić information content (AvgIpc) is 3.08. The van der Waals surface area contributed by atoms with Crippen LogP contribution in [0.5, 0.6) is 0 Å². The maximum Gasteiger partial charge on any atom is 0.314 e. The predicted molar refractivity (Wildman–Crippen MR) is 89.2 cm³/mol. The highest BCUT2D eigenvalue weighted by Crippen LogP contribution is 2.16. The molecule has 0 aliphatic carbocycles. The van der Waals surface area contributed by atoms with Crippen LogP contribution < -0.4 is 10.6 Å². The second-order valence-electron chi connectivity index (χ2n) is 6.26. The van der Waals surface area contributed by atoms with Crippen LogP contribution in [0.25, 0.3) is 0 Å². The number of aliphatic hydroxyl groups is 1. The molecule has 1 aliphatic heterocycles. The fourth-order valence-electron chi connectivity index (χ4n) is 2.96. The molecule has 2 amide bonds. The maximum absolute atomic E-state index is 11.7. The Morgan fingerprint density at radius 1 is 1.43 bits per heavy atom. The molecule has 0 radical (unpaired) electrons. The summed E-state index contributed by atoms with van der Waals surface area (Å²) in [5.74, 6) is 0.459. The molecule has 2 rings (SSSR count). The summed E-state index contributed by atoms with van der Waals surface area (Å²) in [4.78, 5) is 14.2. The van der Waals surface area contributed by atoms with Gasteiger partial charge in [0.05, 0.1) is 12.8 Å². The summed E-state index contributed by atoms with van der Waals surface area (Å²) in [5.41, 5.74) is 0. The number of aliphatic hydroxyl groups excluding tert-OH is 1. The van der Waals surface area contributed by atoms with Crippen LogP contribution in [0.4, 0.5) is 4.79 Å². The number of urea groups is 1. The smallest absolute Gasteiger partial charge is 0.314 e. The maximum atomic E-state index is 11.7. The van der Waals surface area contributed by atoms with E-state index in [9.17, 15) is 9.90 Å². The minimum Gasteiger partial charge on any atom is -0.467 e. The summed E-state index contributed by atoms with van der Waals surface area (Å²) < 4.78 is 5.08. The van der Waals surface area contributed by atoms with Crippen LogP contribution in [0.2, 0.25) is 0 Å². The highest BCUT2D eigenvalue weighted by molar-refractivity contribution is 5.73. The number of likely N-dealkylation sites (tertiary alicyclic amines) is 1. The average molecular weight is 323 g/mol. The molecule has 2 atom stereocenters. The minimum atomic E-state index is -0.809. The summed E-state index contributed by atoms with van der Waals surface area (Å²) in [7, 11) is 0. The van der Waals surface area contributed by atoms with Crippen LogP contribution in [0.1, 0.15) is 50.9 Å². The molecule has 1 fully saturated rings. The van der Waals surface area contributed by atoms with Crippen LogP contribution >= 0.6 is 0 Å². The number of unbranched alkanes of at least 4 members (excludes halogenated alkanes) is 1.